The van der Waals surface area contributed by atoms with Crippen LogP contribution in [-0.2, 0) is 20.9 Å². The number of nitrogens with zero attached hydrogens (tertiary/aromatic N) is 1. The summed E-state index contributed by atoms with van der Waals surface area (Å²) in [4.78, 5) is 27.4. The Balaban J connectivity index is 1.73. The van der Waals surface area contributed by atoms with Crippen molar-refractivity contribution in [3.8, 4) is 5.75 Å². The summed E-state index contributed by atoms with van der Waals surface area (Å²) in [5, 5.41) is 11.1. The minimum atomic E-state index is -0.753. The van der Waals surface area contributed by atoms with Crippen molar-refractivity contribution in [1.82, 2.24) is 4.90 Å². The molecule has 1 fully saturated rings. The molecule has 6 heteroatoms. The van der Waals surface area contributed by atoms with Gasteiger partial charge >= 0.3 is 0 Å². The Bertz CT molecular complexity index is 1200. The number of aliphatic hydroxyl groups excluding tert-OH is 1. The molecule has 1 aliphatic heterocycles. The second-order valence-electron chi connectivity index (χ2n) is 8.20. The first-order valence-electron chi connectivity index (χ1n) is 11.1. The molecule has 3 aromatic carbocycles. The number of likely N-dealkylation sites (tertiary alicyclic amines) is 1. The number of Topliss-reactive ketones (excluding diaryl/α,β-unsaturated/α-hetero) is 1. The normalized spacial score (nSPS) is 17.2. The van der Waals surface area contributed by atoms with E-state index < -0.39 is 17.7 Å². The molecule has 0 saturated carbocycles. The van der Waals surface area contributed by atoms with Gasteiger partial charge in [-0.15, -0.1) is 0 Å². The largest absolute Gasteiger partial charge is 0.507 e. The van der Waals surface area contributed by atoms with Crippen LogP contribution >= 0.6 is 0 Å². The number of hydrogen-bond donors (Lipinski definition) is 1. The van der Waals surface area contributed by atoms with Gasteiger partial charge in [-0.05, 0) is 30.2 Å². The van der Waals surface area contributed by atoms with Gasteiger partial charge in [0, 0.05) is 19.2 Å². The third kappa shape index (κ3) is 4.87. The first-order valence-corrected chi connectivity index (χ1v) is 11.1. The van der Waals surface area contributed by atoms with Gasteiger partial charge in [-0.3, -0.25) is 9.59 Å². The molecule has 1 heterocycles. The molecule has 34 heavy (non-hydrogen) atoms. The van der Waals surface area contributed by atoms with Crippen LogP contribution in [0.3, 0.4) is 0 Å². The van der Waals surface area contributed by atoms with E-state index >= 15 is 0 Å². The predicted molar refractivity (Wildman–Crippen MR) is 129 cm³/mol. The van der Waals surface area contributed by atoms with Gasteiger partial charge < -0.3 is 19.5 Å². The van der Waals surface area contributed by atoms with Crippen LogP contribution in [0.2, 0.25) is 0 Å². The Morgan fingerprint density at radius 1 is 0.971 bits per heavy atom. The Hall–Kier alpha value is -3.90. The topological polar surface area (TPSA) is 76.1 Å². The van der Waals surface area contributed by atoms with E-state index in [1.807, 2.05) is 73.7 Å². The number of carbonyl (C=O) groups is 2. The Kier molecular flexibility index (Phi) is 7.09. The lowest BCUT2D eigenvalue weighted by atomic mass is 9.95. The number of rotatable bonds is 8. The standard InChI is InChI=1S/C28H27NO5/c1-19-11-13-21(14-12-19)26(30)24-25(29(15-16-33-2)28(32)27(24)31)22-9-6-10-23(17-22)34-18-20-7-4-3-5-8-20/h3-14,17,25,30H,15-16,18H2,1-2H3. The van der Waals surface area contributed by atoms with Gasteiger partial charge in [-0.1, -0.05) is 72.3 Å². The maximum atomic E-state index is 13.1. The fourth-order valence-electron chi connectivity index (χ4n) is 4.03. The van der Waals surface area contributed by atoms with Crippen molar-refractivity contribution in [3.05, 3.63) is 107 Å². The number of carbonyl (C=O) groups excluding carboxylic acids is 2. The van der Waals surface area contributed by atoms with Crippen molar-refractivity contribution < 1.29 is 24.2 Å². The van der Waals surface area contributed by atoms with Crippen LogP contribution in [0.25, 0.3) is 5.76 Å². The minimum Gasteiger partial charge on any atom is -0.507 e. The molecule has 1 atom stereocenters. The van der Waals surface area contributed by atoms with Gasteiger partial charge in [-0.25, -0.2) is 0 Å². The van der Waals surface area contributed by atoms with Gasteiger partial charge in [0.15, 0.2) is 0 Å². The van der Waals surface area contributed by atoms with Crippen LogP contribution in [0, 0.1) is 6.92 Å². The summed E-state index contributed by atoms with van der Waals surface area (Å²) in [5.74, 6) is -0.964. The van der Waals surface area contributed by atoms with Crippen LogP contribution in [0.4, 0.5) is 0 Å². The smallest absolute Gasteiger partial charge is 0.295 e. The van der Waals surface area contributed by atoms with Crippen molar-refractivity contribution >= 4 is 17.4 Å². The maximum Gasteiger partial charge on any atom is 0.295 e. The highest BCUT2D eigenvalue weighted by Crippen LogP contribution is 2.40. The molecule has 0 radical (unpaired) electrons. The molecule has 1 N–H and O–H groups in total. The molecule has 174 valence electrons. The van der Waals surface area contributed by atoms with E-state index in [2.05, 4.69) is 0 Å². The number of methoxy groups -OCH3 is 1. The summed E-state index contributed by atoms with van der Waals surface area (Å²) in [6.45, 7) is 2.80. The molecule has 0 spiro atoms. The van der Waals surface area contributed by atoms with Gasteiger partial charge in [-0.2, -0.15) is 0 Å². The summed E-state index contributed by atoms with van der Waals surface area (Å²) >= 11 is 0. The monoisotopic (exact) mass is 457 g/mol. The molecular weight excluding hydrogens is 430 g/mol. The van der Waals surface area contributed by atoms with E-state index in [1.54, 1.807) is 12.1 Å². The molecule has 4 rings (SSSR count). The Morgan fingerprint density at radius 3 is 2.41 bits per heavy atom. The number of ketones is 1. The molecule has 0 aromatic heterocycles. The van der Waals surface area contributed by atoms with E-state index in [0.717, 1.165) is 11.1 Å². The van der Waals surface area contributed by atoms with E-state index in [0.29, 0.717) is 23.5 Å². The molecule has 0 bridgehead atoms. The van der Waals surface area contributed by atoms with Crippen molar-refractivity contribution in [2.75, 3.05) is 20.3 Å². The van der Waals surface area contributed by atoms with Crippen LogP contribution in [-0.4, -0.2) is 42.0 Å². The van der Waals surface area contributed by atoms with E-state index in [-0.39, 0.29) is 24.5 Å². The molecule has 0 aliphatic carbocycles. The average Bonchev–Trinajstić information content (AvgIpc) is 3.12. The second-order valence-corrected chi connectivity index (χ2v) is 8.20. The summed E-state index contributed by atoms with van der Waals surface area (Å²) < 4.78 is 11.1. The van der Waals surface area contributed by atoms with E-state index in [4.69, 9.17) is 9.47 Å². The maximum absolute atomic E-state index is 13.1. The van der Waals surface area contributed by atoms with Gasteiger partial charge in [0.05, 0.1) is 18.2 Å². The lowest BCUT2D eigenvalue weighted by Crippen LogP contribution is -2.32. The summed E-state index contributed by atoms with van der Waals surface area (Å²) in [5.41, 5.74) is 3.27. The number of hydrogen-bond acceptors (Lipinski definition) is 5. The lowest BCUT2D eigenvalue weighted by molar-refractivity contribution is -0.140. The highest BCUT2D eigenvalue weighted by Gasteiger charge is 2.46. The molecule has 1 saturated heterocycles. The molecule has 6 nitrogen and oxygen atoms in total. The highest BCUT2D eigenvalue weighted by atomic mass is 16.5. The number of aryl methyl sites for hydroxylation is 1. The third-order valence-corrected chi connectivity index (χ3v) is 5.82. The summed E-state index contributed by atoms with van der Waals surface area (Å²) in [6.07, 6.45) is 0. The lowest BCUT2D eigenvalue weighted by Gasteiger charge is -2.25. The van der Waals surface area contributed by atoms with Crippen LogP contribution in [0.5, 0.6) is 5.75 Å². The Morgan fingerprint density at radius 2 is 1.71 bits per heavy atom. The van der Waals surface area contributed by atoms with Crippen molar-refractivity contribution in [3.63, 3.8) is 0 Å². The summed E-state index contributed by atoms with van der Waals surface area (Å²) in [7, 11) is 1.54. The second kappa shape index (κ2) is 10.4. The predicted octanol–water partition coefficient (Wildman–Crippen LogP) is 4.64. The van der Waals surface area contributed by atoms with Gasteiger partial charge in [0.1, 0.15) is 18.1 Å². The number of aliphatic hydroxyl groups is 1. The van der Waals surface area contributed by atoms with Crippen molar-refractivity contribution in [1.29, 1.82) is 0 Å². The fourth-order valence-corrected chi connectivity index (χ4v) is 4.03. The van der Waals surface area contributed by atoms with Crippen molar-refractivity contribution in [2.24, 2.45) is 0 Å². The SMILES string of the molecule is COCCN1C(=O)C(=O)C(=C(O)c2ccc(C)cc2)C1c1cccc(OCc2ccccc2)c1. The molecule has 1 aliphatic rings. The average molecular weight is 458 g/mol. The fraction of sp³-hybridized carbons (Fsp3) is 0.214. The van der Waals surface area contributed by atoms with Gasteiger partial charge in [0.2, 0.25) is 0 Å². The first kappa shape index (κ1) is 23.3. The zero-order valence-corrected chi connectivity index (χ0v) is 19.2. The zero-order valence-electron chi connectivity index (χ0n) is 19.2. The van der Waals surface area contributed by atoms with Gasteiger partial charge in [0.25, 0.3) is 11.7 Å². The van der Waals surface area contributed by atoms with Crippen LogP contribution < -0.4 is 4.74 Å². The zero-order chi connectivity index (χ0) is 24.1. The van der Waals surface area contributed by atoms with Crippen molar-refractivity contribution in [2.45, 2.75) is 19.6 Å². The van der Waals surface area contributed by atoms with Crippen LogP contribution in [0.1, 0.15) is 28.3 Å². The number of amides is 1. The molecule has 3 aromatic rings. The molecule has 1 unspecified atom stereocenters. The van der Waals surface area contributed by atoms with Crippen LogP contribution in [0.15, 0.2) is 84.4 Å². The highest BCUT2D eigenvalue weighted by molar-refractivity contribution is 6.46. The minimum absolute atomic E-state index is 0.0603. The summed E-state index contributed by atoms with van der Waals surface area (Å²) in [6, 6.07) is 23.5. The first-order chi connectivity index (χ1) is 16.5. The molecular formula is C28H27NO5. The van der Waals surface area contributed by atoms with E-state index in [9.17, 15) is 14.7 Å². The third-order valence-electron chi connectivity index (χ3n) is 5.82. The Labute approximate surface area is 199 Å². The van der Waals surface area contributed by atoms with E-state index in [1.165, 1.54) is 12.0 Å². The quantitative estimate of drug-likeness (QED) is 0.303. The number of ether oxygens (including phenoxy) is 2. The molecule has 1 amide bonds. The number of benzene rings is 3.